The zero-order chi connectivity index (χ0) is 24.2. The summed E-state index contributed by atoms with van der Waals surface area (Å²) in [4.78, 5) is 25.4. The van der Waals surface area contributed by atoms with Gasteiger partial charge >= 0.3 is 0 Å². The van der Waals surface area contributed by atoms with Gasteiger partial charge in [-0.25, -0.2) is 0 Å². The predicted molar refractivity (Wildman–Crippen MR) is 143 cm³/mol. The Balaban J connectivity index is 1.50. The number of ketones is 2. The molecule has 3 heteroatoms. The Labute approximate surface area is 206 Å². The fourth-order valence-electron chi connectivity index (χ4n) is 4.19. The van der Waals surface area contributed by atoms with E-state index in [2.05, 4.69) is 27.7 Å². The van der Waals surface area contributed by atoms with Gasteiger partial charge in [-0.15, -0.1) is 0 Å². The van der Waals surface area contributed by atoms with Gasteiger partial charge in [0.1, 0.15) is 0 Å². The Hall–Kier alpha value is -1.87. The first kappa shape index (κ1) is 27.4. The summed E-state index contributed by atoms with van der Waals surface area (Å²) in [6, 6.07) is 19.3. The molecule has 0 fully saturated rings. The fraction of sp³-hybridized carbons (Fsp3) is 0.533. The number of thioether (sulfide) groups is 1. The van der Waals surface area contributed by atoms with E-state index in [9.17, 15) is 9.59 Å². The highest BCUT2D eigenvalue weighted by Gasteiger charge is 2.28. The van der Waals surface area contributed by atoms with Crippen LogP contribution in [0.1, 0.15) is 99.8 Å². The molecule has 0 aliphatic carbocycles. The Bertz CT molecular complexity index is 769. The number of benzene rings is 2. The third kappa shape index (κ3) is 9.49. The van der Waals surface area contributed by atoms with Crippen molar-refractivity contribution >= 4 is 23.3 Å². The van der Waals surface area contributed by atoms with Crippen LogP contribution in [0, 0.1) is 10.8 Å². The average Bonchev–Trinajstić information content (AvgIpc) is 2.82. The number of Topliss-reactive ketones (excluding diaryl/α,β-unsaturated/α-hetero) is 2. The van der Waals surface area contributed by atoms with Crippen LogP contribution < -0.4 is 0 Å². The van der Waals surface area contributed by atoms with E-state index in [-0.39, 0.29) is 22.4 Å². The van der Waals surface area contributed by atoms with Crippen molar-refractivity contribution in [1.82, 2.24) is 0 Å². The molecular formula is C30H42O2S. The lowest BCUT2D eigenvalue weighted by molar-refractivity contribution is 0.0817. The van der Waals surface area contributed by atoms with Crippen LogP contribution >= 0.6 is 11.8 Å². The summed E-state index contributed by atoms with van der Waals surface area (Å²) in [6.07, 6.45) is 8.93. The first-order valence-electron chi connectivity index (χ1n) is 12.5. The van der Waals surface area contributed by atoms with Gasteiger partial charge in [-0.05, 0) is 37.2 Å². The van der Waals surface area contributed by atoms with Gasteiger partial charge in [-0.1, -0.05) is 114 Å². The van der Waals surface area contributed by atoms with Crippen LogP contribution in [0.25, 0.3) is 0 Å². The molecule has 0 atom stereocenters. The van der Waals surface area contributed by atoms with E-state index in [0.29, 0.717) is 0 Å². The third-order valence-corrected chi connectivity index (χ3v) is 7.64. The van der Waals surface area contributed by atoms with Crippen LogP contribution in [-0.4, -0.2) is 23.1 Å². The number of hydrogen-bond donors (Lipinski definition) is 0. The molecule has 0 aromatic heterocycles. The van der Waals surface area contributed by atoms with Crippen molar-refractivity contribution in [3.05, 3.63) is 71.8 Å². The second-order valence-electron chi connectivity index (χ2n) is 10.4. The fourth-order valence-corrected chi connectivity index (χ4v) is 5.21. The molecule has 0 radical (unpaired) electrons. The van der Waals surface area contributed by atoms with E-state index in [4.69, 9.17) is 0 Å². The van der Waals surface area contributed by atoms with Crippen LogP contribution in [-0.2, 0) is 0 Å². The van der Waals surface area contributed by atoms with Gasteiger partial charge in [0.25, 0.3) is 0 Å². The quantitative estimate of drug-likeness (QED) is 0.183. The Morgan fingerprint density at radius 3 is 1.30 bits per heavy atom. The first-order chi connectivity index (χ1) is 15.7. The molecule has 2 aromatic rings. The third-order valence-electron chi connectivity index (χ3n) is 6.48. The molecule has 0 aliphatic rings. The Kier molecular flexibility index (Phi) is 11.4. The molecule has 0 heterocycles. The lowest BCUT2D eigenvalue weighted by Crippen LogP contribution is -2.24. The van der Waals surface area contributed by atoms with Crippen molar-refractivity contribution in [3.63, 3.8) is 0 Å². The van der Waals surface area contributed by atoms with Crippen molar-refractivity contribution < 1.29 is 9.59 Å². The molecule has 2 nitrogen and oxygen atoms in total. The molecule has 0 saturated heterocycles. The van der Waals surface area contributed by atoms with E-state index >= 15 is 0 Å². The highest BCUT2D eigenvalue weighted by molar-refractivity contribution is 7.99. The van der Waals surface area contributed by atoms with E-state index in [0.717, 1.165) is 36.8 Å². The van der Waals surface area contributed by atoms with Gasteiger partial charge in [-0.2, -0.15) is 11.8 Å². The molecule has 2 aromatic carbocycles. The highest BCUT2D eigenvalue weighted by atomic mass is 32.2. The van der Waals surface area contributed by atoms with E-state index in [1.54, 1.807) is 0 Å². The number of carbonyl (C=O) groups is 2. The molecule has 2 rings (SSSR count). The topological polar surface area (TPSA) is 34.1 Å². The second kappa shape index (κ2) is 13.7. The summed E-state index contributed by atoms with van der Waals surface area (Å²) >= 11 is 2.04. The van der Waals surface area contributed by atoms with E-state index in [1.165, 1.54) is 37.2 Å². The molecular weight excluding hydrogens is 424 g/mol. The largest absolute Gasteiger partial charge is 0.294 e. The molecule has 0 amide bonds. The molecule has 33 heavy (non-hydrogen) atoms. The molecule has 0 bridgehead atoms. The standard InChI is InChI=1S/C30H42O2S/c1-29(2,27(31)25-17-9-5-10-18-25)21-13-7-15-23-33-24-16-8-14-22-30(3,4)28(32)26-19-11-6-12-20-26/h5-6,9-12,17-20H,7-8,13-16,21-24H2,1-4H3. The lowest BCUT2D eigenvalue weighted by Gasteiger charge is -2.23. The SMILES string of the molecule is CC(C)(CCCCCSCCCCCC(C)(C)C(=O)c1ccccc1)C(=O)c1ccccc1. The average molecular weight is 467 g/mol. The minimum absolute atomic E-state index is 0.256. The maximum absolute atomic E-state index is 12.7. The normalized spacial score (nSPS) is 12.0. The van der Waals surface area contributed by atoms with Crippen LogP contribution in [0.4, 0.5) is 0 Å². The van der Waals surface area contributed by atoms with Crippen molar-refractivity contribution in [2.45, 2.75) is 79.1 Å². The minimum atomic E-state index is -0.288. The lowest BCUT2D eigenvalue weighted by atomic mass is 9.80. The van der Waals surface area contributed by atoms with Gasteiger partial charge in [0.2, 0.25) is 0 Å². The van der Waals surface area contributed by atoms with E-state index < -0.39 is 0 Å². The number of carbonyl (C=O) groups excluding carboxylic acids is 2. The Morgan fingerprint density at radius 1 is 0.576 bits per heavy atom. The van der Waals surface area contributed by atoms with E-state index in [1.807, 2.05) is 72.4 Å². The maximum Gasteiger partial charge on any atom is 0.168 e. The van der Waals surface area contributed by atoms with Crippen LogP contribution in [0.2, 0.25) is 0 Å². The summed E-state index contributed by atoms with van der Waals surface area (Å²) < 4.78 is 0. The molecule has 0 N–H and O–H groups in total. The molecule has 0 aliphatic heterocycles. The smallest absolute Gasteiger partial charge is 0.168 e. The summed E-state index contributed by atoms with van der Waals surface area (Å²) in [7, 11) is 0. The summed E-state index contributed by atoms with van der Waals surface area (Å²) in [5, 5.41) is 0. The van der Waals surface area contributed by atoms with Gasteiger partial charge < -0.3 is 0 Å². The Morgan fingerprint density at radius 2 is 0.939 bits per heavy atom. The molecule has 0 spiro atoms. The summed E-state index contributed by atoms with van der Waals surface area (Å²) in [6.45, 7) is 8.30. The van der Waals surface area contributed by atoms with Crippen LogP contribution in [0.15, 0.2) is 60.7 Å². The van der Waals surface area contributed by atoms with Crippen LogP contribution in [0.5, 0.6) is 0 Å². The zero-order valence-electron chi connectivity index (χ0n) is 21.1. The number of hydrogen-bond acceptors (Lipinski definition) is 3. The van der Waals surface area contributed by atoms with Crippen molar-refractivity contribution in [1.29, 1.82) is 0 Å². The second-order valence-corrected chi connectivity index (χ2v) is 11.6. The number of rotatable bonds is 16. The summed E-state index contributed by atoms with van der Waals surface area (Å²) in [5.41, 5.74) is 1.07. The summed E-state index contributed by atoms with van der Waals surface area (Å²) in [5.74, 6) is 2.91. The van der Waals surface area contributed by atoms with Gasteiger partial charge in [0, 0.05) is 22.0 Å². The first-order valence-corrected chi connectivity index (χ1v) is 13.7. The maximum atomic E-state index is 12.7. The monoisotopic (exact) mass is 466 g/mol. The zero-order valence-corrected chi connectivity index (χ0v) is 21.9. The number of unbranched alkanes of at least 4 members (excludes halogenated alkanes) is 4. The molecule has 0 saturated carbocycles. The predicted octanol–water partition coefficient (Wildman–Crippen LogP) is 8.66. The van der Waals surface area contributed by atoms with Crippen molar-refractivity contribution in [2.24, 2.45) is 10.8 Å². The minimum Gasteiger partial charge on any atom is -0.294 e. The molecule has 0 unspecified atom stereocenters. The van der Waals surface area contributed by atoms with Crippen molar-refractivity contribution in [3.8, 4) is 0 Å². The van der Waals surface area contributed by atoms with Gasteiger partial charge in [-0.3, -0.25) is 9.59 Å². The van der Waals surface area contributed by atoms with Crippen LogP contribution in [0.3, 0.4) is 0 Å². The molecule has 180 valence electrons. The van der Waals surface area contributed by atoms with Gasteiger partial charge in [0.15, 0.2) is 11.6 Å². The highest BCUT2D eigenvalue weighted by Crippen LogP contribution is 2.30. The van der Waals surface area contributed by atoms with Crippen molar-refractivity contribution in [2.75, 3.05) is 11.5 Å². The van der Waals surface area contributed by atoms with Gasteiger partial charge in [0.05, 0.1) is 0 Å².